The molecule has 0 saturated heterocycles. The van der Waals surface area contributed by atoms with Gasteiger partial charge in [0, 0.05) is 125 Å². The number of hydrogen-bond acceptors (Lipinski definition) is 8. The molecule has 4 aliphatic heterocycles. The lowest BCUT2D eigenvalue weighted by Crippen LogP contribution is -2.65. The van der Waals surface area contributed by atoms with E-state index in [4.69, 9.17) is 0 Å². The Kier molecular flexibility index (Phi) is 20.3. The summed E-state index contributed by atoms with van der Waals surface area (Å²) in [5, 5.41) is 0. The lowest BCUT2D eigenvalue weighted by atomic mass is 9.30. The summed E-state index contributed by atoms with van der Waals surface area (Å²) in [6.07, 6.45) is 0. The van der Waals surface area contributed by atoms with E-state index in [0.29, 0.717) is 0 Å². The van der Waals surface area contributed by atoms with E-state index in [-0.39, 0.29) is 13.4 Å². The van der Waals surface area contributed by atoms with Gasteiger partial charge in [-0.2, -0.15) is 0 Å². The Morgan fingerprint density at radius 2 is 0.301 bits per heavy atom. The van der Waals surface area contributed by atoms with Gasteiger partial charge in [-0.1, -0.05) is 334 Å². The number of nitrogens with zero attached hydrogens (tertiary/aromatic N) is 8. The molecule has 0 saturated carbocycles. The fourth-order valence-corrected chi connectivity index (χ4v) is 21.2. The molecule has 4 aliphatic rings. The van der Waals surface area contributed by atoms with Crippen LogP contribution in [0.3, 0.4) is 0 Å². The van der Waals surface area contributed by atoms with Crippen molar-refractivity contribution < 1.29 is 0 Å². The molecule has 0 amide bonds. The molecule has 0 aromatic heterocycles. The largest absolute Gasteiger partial charge is 0.311 e. The van der Waals surface area contributed by atoms with E-state index in [1.54, 1.807) is 0 Å². The van der Waals surface area contributed by atoms with Crippen LogP contribution in [0.15, 0.2) is 534 Å². The van der Waals surface area contributed by atoms with Crippen LogP contribution in [0.2, 0.25) is 0 Å². The predicted octanol–water partition coefficient (Wildman–Crippen LogP) is 30.4. The second-order valence-electron chi connectivity index (χ2n) is 35.1. The van der Waals surface area contributed by atoms with E-state index < -0.39 is 0 Å². The quantitative estimate of drug-likeness (QED) is 0.0697. The van der Waals surface area contributed by atoms with Gasteiger partial charge >= 0.3 is 0 Å². The van der Waals surface area contributed by atoms with E-state index in [1.165, 1.54) is 32.8 Å². The van der Waals surface area contributed by atoms with Crippen molar-refractivity contribution in [1.29, 1.82) is 0 Å². The van der Waals surface area contributed by atoms with Gasteiger partial charge in [-0.05, 0) is 277 Å². The van der Waals surface area contributed by atoms with Gasteiger partial charge in [0.2, 0.25) is 0 Å². The fraction of sp³-hybridized carbons (Fsp3) is 0. The highest BCUT2D eigenvalue weighted by molar-refractivity contribution is 7.03. The molecule has 8 nitrogen and oxygen atoms in total. The van der Waals surface area contributed by atoms with Gasteiger partial charge in [0.25, 0.3) is 13.4 Å². The number of fused-ring (bicyclic) bond motifs is 8. The van der Waals surface area contributed by atoms with Gasteiger partial charge in [-0.3, -0.25) is 0 Å². The topological polar surface area (TPSA) is 25.9 Å². The molecule has 0 bridgehead atoms. The molecule has 0 fully saturated rings. The summed E-state index contributed by atoms with van der Waals surface area (Å²) in [6.45, 7) is -0.733. The maximum atomic E-state index is 2.67. The summed E-state index contributed by atoms with van der Waals surface area (Å²) in [5.41, 5.74) is 41.2. The van der Waals surface area contributed by atoms with Crippen molar-refractivity contribution >= 4 is 183 Å². The highest BCUT2D eigenvalue weighted by atomic mass is 15.2. The first-order valence-electron chi connectivity index (χ1n) is 46.8. The van der Waals surface area contributed by atoms with Crippen LogP contribution >= 0.6 is 0 Å². The van der Waals surface area contributed by atoms with Crippen LogP contribution in [-0.2, 0) is 0 Å². The summed E-state index contributed by atoms with van der Waals surface area (Å²) in [4.78, 5) is 20.2. The minimum atomic E-state index is -0.367. The highest BCUT2D eigenvalue weighted by Crippen LogP contribution is 2.55. The summed E-state index contributed by atoms with van der Waals surface area (Å²) in [7, 11) is 0. The van der Waals surface area contributed by atoms with Crippen molar-refractivity contribution in [3.05, 3.63) is 534 Å². The van der Waals surface area contributed by atoms with Crippen LogP contribution in [-0.4, -0.2) is 13.4 Å². The molecule has 0 spiro atoms. The van der Waals surface area contributed by atoms with Gasteiger partial charge in [0.15, 0.2) is 0 Å². The van der Waals surface area contributed by atoms with Crippen LogP contribution < -0.4 is 72.0 Å². The van der Waals surface area contributed by atoms with Gasteiger partial charge in [0.1, 0.15) is 0 Å². The van der Waals surface area contributed by atoms with E-state index in [2.05, 4.69) is 573 Å². The number of benzene rings is 21. The Balaban J connectivity index is 0.793. The predicted molar refractivity (Wildman–Crippen MR) is 575 cm³/mol. The number of anilines is 24. The third-order valence-electron chi connectivity index (χ3n) is 27.3. The normalized spacial score (nSPS) is 12.3. The summed E-state index contributed by atoms with van der Waals surface area (Å²) >= 11 is 0. The Morgan fingerprint density at radius 1 is 0.125 bits per heavy atom. The molecule has 10 heteroatoms. The SMILES string of the molecule is c1ccc(-c2ccc(N(c3ccc(-c4ccccc4)cc3)c3cc4c5c(c3)N(c3ccccc3)c3cc6c(cc3B5c3ccc(N(c5ccccc5)c5ccccc5)cc3N4c3ccccc3)B3c4ccc(N(c5ccccc5)c5ccccc5)cc4N(c4ccccc4)c4cc(N(c5ccc(-c7ccccc7)cc5)c5ccc(-c7ccccc7)cc5)cc(c43)N6c3ccccc3)cc2)cc1. The molecule has 0 unspecified atom stereocenters. The summed E-state index contributed by atoms with van der Waals surface area (Å²) in [6, 6.07) is 197. The van der Waals surface area contributed by atoms with Gasteiger partial charge in [-0.15, -0.1) is 0 Å². The number of hydrogen-bond donors (Lipinski definition) is 0. The van der Waals surface area contributed by atoms with Crippen LogP contribution in [0.4, 0.5) is 136 Å². The highest BCUT2D eigenvalue weighted by Gasteiger charge is 2.50. The average molecular weight is 1740 g/mol. The van der Waals surface area contributed by atoms with Crippen molar-refractivity contribution in [3.8, 4) is 44.5 Å². The molecule has 4 heterocycles. The maximum Gasteiger partial charge on any atom is 0.252 e. The van der Waals surface area contributed by atoms with Crippen molar-refractivity contribution in [1.82, 2.24) is 0 Å². The fourth-order valence-electron chi connectivity index (χ4n) is 21.2. The Morgan fingerprint density at radius 3 is 0.537 bits per heavy atom. The first kappa shape index (κ1) is 80.2. The maximum absolute atomic E-state index is 2.67. The molecule has 21 aromatic rings. The standard InChI is InChI=1S/C126H88B2N8/c1-13-37-89(38-14-1)93-61-69-105(70-62-93)131(106-71-63-94(64-72-106)90-39-15-2-16-40-90)111-83-121-125-123(85-111)135(103-57-33-11-34-58-103)119-88-120-116(87-115(119)127(125)113-79-77-109(81-117(113)133(121)101-53-29-9-30-54-101)129(97-45-21-5-22-46-97)98-47-23-6-24-48-98)128-114-80-78-110(130(99-49-25-7-26-50-99)100-51-27-8-28-52-100)82-118(114)134(102-55-31-10-32-56-102)122-84-112(86-124(126(122)128)136(120)104-59-35-12-36-60-104)132(107-73-65-95(66-74-107)91-41-17-3-18-42-91)108-75-67-96(68-76-108)92-43-19-4-20-44-92/h1-88H. The average Bonchev–Trinajstić information content (AvgIpc) is 0.678. The molecule has 638 valence electrons. The molecular weight excluding hydrogens is 1650 g/mol. The van der Waals surface area contributed by atoms with Crippen LogP contribution in [0.1, 0.15) is 0 Å². The third-order valence-corrected chi connectivity index (χ3v) is 27.3. The van der Waals surface area contributed by atoms with E-state index in [0.717, 1.165) is 181 Å². The number of rotatable bonds is 20. The second-order valence-corrected chi connectivity index (χ2v) is 35.1. The second kappa shape index (κ2) is 34.5. The van der Waals surface area contributed by atoms with E-state index in [9.17, 15) is 0 Å². The third kappa shape index (κ3) is 14.3. The lowest BCUT2D eigenvalue weighted by molar-refractivity contribution is 1.21. The van der Waals surface area contributed by atoms with Crippen LogP contribution in [0, 0.1) is 0 Å². The first-order chi connectivity index (χ1) is 67.5. The van der Waals surface area contributed by atoms with Gasteiger partial charge < -0.3 is 39.2 Å². The zero-order valence-electron chi connectivity index (χ0n) is 74.5. The van der Waals surface area contributed by atoms with Gasteiger partial charge in [-0.25, -0.2) is 0 Å². The zero-order valence-corrected chi connectivity index (χ0v) is 74.5. The summed E-state index contributed by atoms with van der Waals surface area (Å²) in [5.74, 6) is 0. The molecule has 25 rings (SSSR count). The monoisotopic (exact) mass is 1730 g/mol. The van der Waals surface area contributed by atoms with Gasteiger partial charge in [0.05, 0.1) is 11.4 Å². The van der Waals surface area contributed by atoms with Crippen LogP contribution in [0.25, 0.3) is 44.5 Å². The lowest BCUT2D eigenvalue weighted by Gasteiger charge is -2.48. The molecule has 0 atom stereocenters. The van der Waals surface area contributed by atoms with Crippen molar-refractivity contribution in [3.63, 3.8) is 0 Å². The van der Waals surface area contributed by atoms with E-state index in [1.807, 2.05) is 0 Å². The first-order valence-corrected chi connectivity index (χ1v) is 46.8. The molecule has 0 N–H and O–H groups in total. The smallest absolute Gasteiger partial charge is 0.252 e. The molecule has 21 aromatic carbocycles. The Hall–Kier alpha value is -17.9. The van der Waals surface area contributed by atoms with Crippen molar-refractivity contribution in [2.24, 2.45) is 0 Å². The van der Waals surface area contributed by atoms with Crippen LogP contribution in [0.5, 0.6) is 0 Å². The molecule has 0 radical (unpaired) electrons. The summed E-state index contributed by atoms with van der Waals surface area (Å²) < 4.78 is 0. The minimum Gasteiger partial charge on any atom is -0.311 e. The molecular formula is C126H88B2N8. The zero-order chi connectivity index (χ0) is 89.9. The Bertz CT molecular complexity index is 7210. The van der Waals surface area contributed by atoms with E-state index >= 15 is 0 Å². The Labute approximate surface area is 794 Å². The number of para-hydroxylation sites is 8. The molecule has 0 aliphatic carbocycles. The van der Waals surface area contributed by atoms with Crippen molar-refractivity contribution in [2.75, 3.05) is 39.2 Å². The minimum absolute atomic E-state index is 0.367. The van der Waals surface area contributed by atoms with Crippen molar-refractivity contribution in [2.45, 2.75) is 0 Å². The molecule has 136 heavy (non-hydrogen) atoms.